The third kappa shape index (κ3) is 1.82. The molecule has 0 saturated carbocycles. The molecular formula is C9H15N3O. The molecule has 13 heavy (non-hydrogen) atoms. The molecule has 0 unspecified atom stereocenters. The Bertz CT molecular complexity index is 276. The highest BCUT2D eigenvalue weighted by Crippen LogP contribution is 2.21. The smallest absolute Gasteiger partial charge is 0.318 e. The number of anilines is 1. The second kappa shape index (κ2) is 3.36. The minimum absolute atomic E-state index is 0.647. The molecule has 2 rings (SSSR count). The number of hydrogen-bond donors (Lipinski definition) is 0. The summed E-state index contributed by atoms with van der Waals surface area (Å²) in [5.74, 6) is 1.48. The topological polar surface area (TPSA) is 42.2 Å². The zero-order valence-corrected chi connectivity index (χ0v) is 8.16. The van der Waals surface area contributed by atoms with Gasteiger partial charge in [-0.25, -0.2) is 0 Å². The molecule has 0 radical (unpaired) electrons. The summed E-state index contributed by atoms with van der Waals surface area (Å²) in [5, 5.41) is 7.83. The minimum Gasteiger partial charge on any atom is -0.408 e. The first-order chi connectivity index (χ1) is 6.25. The highest BCUT2D eigenvalue weighted by molar-refractivity contribution is 5.24. The van der Waals surface area contributed by atoms with Crippen LogP contribution in [0.1, 0.15) is 25.7 Å². The Hall–Kier alpha value is -1.06. The third-order valence-corrected chi connectivity index (χ3v) is 2.57. The number of nitrogens with zero attached hydrogens (tertiary/aromatic N) is 3. The summed E-state index contributed by atoms with van der Waals surface area (Å²) in [6.07, 6.45) is 2.45. The van der Waals surface area contributed by atoms with Gasteiger partial charge in [-0.15, -0.1) is 5.10 Å². The van der Waals surface area contributed by atoms with Crippen LogP contribution in [0.15, 0.2) is 4.42 Å². The summed E-state index contributed by atoms with van der Waals surface area (Å²) in [5.41, 5.74) is 0. The van der Waals surface area contributed by atoms with Crippen molar-refractivity contribution in [3.05, 3.63) is 5.89 Å². The van der Waals surface area contributed by atoms with E-state index in [4.69, 9.17) is 4.42 Å². The predicted molar refractivity (Wildman–Crippen MR) is 49.6 cm³/mol. The van der Waals surface area contributed by atoms with Crippen LogP contribution in [0.3, 0.4) is 0 Å². The maximum absolute atomic E-state index is 5.36. The molecule has 1 aromatic rings. The molecule has 1 aliphatic heterocycles. The minimum atomic E-state index is 0.647. The van der Waals surface area contributed by atoms with Crippen LogP contribution in [0.25, 0.3) is 0 Å². The lowest BCUT2D eigenvalue weighted by Gasteiger charge is -2.28. The van der Waals surface area contributed by atoms with E-state index in [1.165, 1.54) is 12.8 Å². The number of aryl methyl sites for hydroxylation is 1. The number of aromatic nitrogens is 2. The van der Waals surface area contributed by atoms with Gasteiger partial charge in [-0.05, 0) is 18.8 Å². The lowest BCUT2D eigenvalue weighted by atomic mass is 10.00. The first kappa shape index (κ1) is 8.53. The van der Waals surface area contributed by atoms with Crippen molar-refractivity contribution in [1.29, 1.82) is 0 Å². The molecule has 4 nitrogen and oxygen atoms in total. The fourth-order valence-electron chi connectivity index (χ4n) is 1.61. The van der Waals surface area contributed by atoms with Gasteiger partial charge in [0, 0.05) is 20.0 Å². The second-order valence-corrected chi connectivity index (χ2v) is 3.77. The first-order valence-electron chi connectivity index (χ1n) is 4.81. The summed E-state index contributed by atoms with van der Waals surface area (Å²) < 4.78 is 5.36. The van der Waals surface area contributed by atoms with E-state index in [2.05, 4.69) is 22.0 Å². The molecule has 0 bridgehead atoms. The Morgan fingerprint density at radius 3 is 2.54 bits per heavy atom. The predicted octanol–water partition coefficient (Wildman–Crippen LogP) is 1.61. The van der Waals surface area contributed by atoms with Gasteiger partial charge in [-0.1, -0.05) is 12.0 Å². The van der Waals surface area contributed by atoms with Gasteiger partial charge < -0.3 is 9.32 Å². The summed E-state index contributed by atoms with van der Waals surface area (Å²) in [6.45, 7) is 6.20. The molecule has 4 heteroatoms. The molecule has 0 aliphatic carbocycles. The van der Waals surface area contributed by atoms with Crippen LogP contribution in [0.5, 0.6) is 0 Å². The van der Waals surface area contributed by atoms with Crippen LogP contribution in [-0.2, 0) is 0 Å². The summed E-state index contributed by atoms with van der Waals surface area (Å²) >= 11 is 0. The van der Waals surface area contributed by atoms with E-state index in [1.807, 2.05) is 6.92 Å². The summed E-state index contributed by atoms with van der Waals surface area (Å²) in [4.78, 5) is 2.17. The maximum atomic E-state index is 5.36. The van der Waals surface area contributed by atoms with Gasteiger partial charge in [0.1, 0.15) is 0 Å². The SMILES string of the molecule is Cc1nnc(N2CCC(C)CC2)o1. The molecule has 0 N–H and O–H groups in total. The molecule has 0 aromatic carbocycles. The van der Waals surface area contributed by atoms with Crippen LogP contribution in [0.2, 0.25) is 0 Å². The van der Waals surface area contributed by atoms with E-state index in [1.54, 1.807) is 0 Å². The van der Waals surface area contributed by atoms with Crippen molar-refractivity contribution in [1.82, 2.24) is 10.2 Å². The highest BCUT2D eigenvalue weighted by atomic mass is 16.4. The molecular weight excluding hydrogens is 166 g/mol. The van der Waals surface area contributed by atoms with Crippen molar-refractivity contribution >= 4 is 6.01 Å². The monoisotopic (exact) mass is 181 g/mol. The Morgan fingerprint density at radius 2 is 2.00 bits per heavy atom. The fraction of sp³-hybridized carbons (Fsp3) is 0.778. The molecule has 1 aromatic heterocycles. The number of hydrogen-bond acceptors (Lipinski definition) is 4. The quantitative estimate of drug-likeness (QED) is 0.660. The van der Waals surface area contributed by atoms with Crippen LogP contribution in [-0.4, -0.2) is 23.3 Å². The summed E-state index contributed by atoms with van der Waals surface area (Å²) in [6, 6.07) is 0.685. The second-order valence-electron chi connectivity index (χ2n) is 3.77. The number of rotatable bonds is 1. The average Bonchev–Trinajstić information content (AvgIpc) is 2.53. The number of piperidine rings is 1. The van der Waals surface area contributed by atoms with Crippen molar-refractivity contribution in [2.75, 3.05) is 18.0 Å². The van der Waals surface area contributed by atoms with Gasteiger partial charge in [0.2, 0.25) is 5.89 Å². The molecule has 72 valence electrons. The molecule has 2 heterocycles. The van der Waals surface area contributed by atoms with Crippen molar-refractivity contribution in [2.45, 2.75) is 26.7 Å². The maximum Gasteiger partial charge on any atom is 0.318 e. The van der Waals surface area contributed by atoms with E-state index < -0.39 is 0 Å². The Kier molecular flexibility index (Phi) is 2.20. The Balaban J connectivity index is 2.02. The van der Waals surface area contributed by atoms with E-state index in [0.29, 0.717) is 11.9 Å². The first-order valence-corrected chi connectivity index (χ1v) is 4.81. The molecule has 0 atom stereocenters. The van der Waals surface area contributed by atoms with Gasteiger partial charge >= 0.3 is 6.01 Å². The molecule has 1 saturated heterocycles. The van der Waals surface area contributed by atoms with Crippen molar-refractivity contribution in [2.24, 2.45) is 5.92 Å². The van der Waals surface area contributed by atoms with Gasteiger partial charge in [0.15, 0.2) is 0 Å². The van der Waals surface area contributed by atoms with E-state index in [9.17, 15) is 0 Å². The molecule has 0 spiro atoms. The lowest BCUT2D eigenvalue weighted by Crippen LogP contribution is -2.32. The third-order valence-electron chi connectivity index (χ3n) is 2.57. The zero-order chi connectivity index (χ0) is 9.26. The molecule has 1 fully saturated rings. The van der Waals surface area contributed by atoms with Gasteiger partial charge in [-0.2, -0.15) is 0 Å². The van der Waals surface area contributed by atoms with Crippen LogP contribution >= 0.6 is 0 Å². The van der Waals surface area contributed by atoms with Gasteiger partial charge in [0.25, 0.3) is 0 Å². The van der Waals surface area contributed by atoms with Gasteiger partial charge in [-0.3, -0.25) is 0 Å². The van der Waals surface area contributed by atoms with Crippen molar-refractivity contribution in [3.8, 4) is 0 Å². The lowest BCUT2D eigenvalue weighted by molar-refractivity contribution is 0.409. The van der Waals surface area contributed by atoms with E-state index in [0.717, 1.165) is 19.0 Å². The van der Waals surface area contributed by atoms with E-state index >= 15 is 0 Å². The van der Waals surface area contributed by atoms with Crippen molar-refractivity contribution < 1.29 is 4.42 Å². The van der Waals surface area contributed by atoms with Crippen LogP contribution < -0.4 is 4.90 Å². The fourth-order valence-corrected chi connectivity index (χ4v) is 1.61. The Labute approximate surface area is 77.9 Å². The van der Waals surface area contributed by atoms with Crippen LogP contribution in [0, 0.1) is 12.8 Å². The van der Waals surface area contributed by atoms with Crippen molar-refractivity contribution in [3.63, 3.8) is 0 Å². The standard InChI is InChI=1S/C9H15N3O/c1-7-3-5-12(6-4-7)9-11-10-8(2)13-9/h7H,3-6H2,1-2H3. The average molecular weight is 181 g/mol. The molecule has 1 aliphatic rings. The van der Waals surface area contributed by atoms with Crippen LogP contribution in [0.4, 0.5) is 6.01 Å². The highest BCUT2D eigenvalue weighted by Gasteiger charge is 2.19. The summed E-state index contributed by atoms with van der Waals surface area (Å²) in [7, 11) is 0. The molecule has 0 amide bonds. The van der Waals surface area contributed by atoms with Gasteiger partial charge in [0.05, 0.1) is 0 Å². The zero-order valence-electron chi connectivity index (χ0n) is 8.16. The van der Waals surface area contributed by atoms with E-state index in [-0.39, 0.29) is 0 Å². The Morgan fingerprint density at radius 1 is 1.31 bits per heavy atom. The largest absolute Gasteiger partial charge is 0.408 e. The normalized spacial score (nSPS) is 19.4.